The maximum Gasteiger partial charge on any atom is 0.321 e. The molecule has 0 bridgehead atoms. The van der Waals surface area contributed by atoms with Crippen LogP contribution >= 0.6 is 11.3 Å². The van der Waals surface area contributed by atoms with E-state index >= 15 is 0 Å². The summed E-state index contributed by atoms with van der Waals surface area (Å²) in [6, 6.07) is 16.1. The van der Waals surface area contributed by atoms with Gasteiger partial charge >= 0.3 is 6.03 Å². The SMILES string of the molecule is COCCN(CCc1csc2nc(-c3ccc(C)cc3)cn12)C(=O)Nc1ccccc1C. The zero-order valence-corrected chi connectivity index (χ0v) is 19.5. The number of rotatable bonds is 8. The first-order valence-corrected chi connectivity index (χ1v) is 11.6. The molecule has 166 valence electrons. The first-order valence-electron chi connectivity index (χ1n) is 10.7. The molecule has 6 nitrogen and oxygen atoms in total. The Balaban J connectivity index is 1.48. The normalized spacial score (nSPS) is 11.1. The second-order valence-electron chi connectivity index (χ2n) is 7.85. The van der Waals surface area contributed by atoms with Crippen LogP contribution in [-0.2, 0) is 11.2 Å². The largest absolute Gasteiger partial charge is 0.383 e. The molecule has 0 saturated carbocycles. The molecule has 1 N–H and O–H groups in total. The quantitative estimate of drug-likeness (QED) is 0.392. The molecule has 32 heavy (non-hydrogen) atoms. The number of aromatic nitrogens is 2. The van der Waals surface area contributed by atoms with Crippen molar-refractivity contribution < 1.29 is 9.53 Å². The van der Waals surface area contributed by atoms with Gasteiger partial charge in [-0.15, -0.1) is 11.3 Å². The number of thiazole rings is 1. The lowest BCUT2D eigenvalue weighted by Crippen LogP contribution is -2.39. The number of para-hydroxylation sites is 1. The molecule has 0 aliphatic rings. The van der Waals surface area contributed by atoms with Crippen LogP contribution in [0.3, 0.4) is 0 Å². The van der Waals surface area contributed by atoms with E-state index in [4.69, 9.17) is 9.72 Å². The highest BCUT2D eigenvalue weighted by Gasteiger charge is 2.16. The molecule has 0 aliphatic carbocycles. The van der Waals surface area contributed by atoms with Crippen LogP contribution < -0.4 is 5.32 Å². The number of amides is 2. The standard InChI is InChI=1S/C25H28N4O2S/c1-18-8-10-20(11-9-18)23-16-29-21(17-32-25(29)27-23)12-13-28(14-15-31-3)24(30)26-22-7-5-4-6-19(22)2/h4-11,16-17H,12-15H2,1-3H3,(H,26,30). The van der Waals surface area contributed by atoms with E-state index in [0.29, 0.717) is 19.7 Å². The average Bonchev–Trinajstić information content (AvgIpc) is 3.37. The second kappa shape index (κ2) is 9.97. The third kappa shape index (κ3) is 5.00. The van der Waals surface area contributed by atoms with Crippen molar-refractivity contribution in [3.05, 3.63) is 76.9 Å². The van der Waals surface area contributed by atoms with E-state index in [1.165, 1.54) is 5.56 Å². The molecule has 2 amide bonds. The van der Waals surface area contributed by atoms with Crippen LogP contribution in [-0.4, -0.2) is 47.1 Å². The summed E-state index contributed by atoms with van der Waals surface area (Å²) < 4.78 is 7.36. The summed E-state index contributed by atoms with van der Waals surface area (Å²) in [6.45, 7) is 5.67. The van der Waals surface area contributed by atoms with Gasteiger partial charge in [0.25, 0.3) is 0 Å². The molecule has 0 aliphatic heterocycles. The fourth-order valence-electron chi connectivity index (χ4n) is 3.55. The fourth-order valence-corrected chi connectivity index (χ4v) is 4.45. The molecule has 2 heterocycles. The lowest BCUT2D eigenvalue weighted by atomic mass is 10.1. The van der Waals surface area contributed by atoms with Gasteiger partial charge in [-0.2, -0.15) is 0 Å². The Kier molecular flexibility index (Phi) is 6.87. The average molecular weight is 449 g/mol. The van der Waals surface area contributed by atoms with Crippen molar-refractivity contribution in [1.29, 1.82) is 0 Å². The number of benzene rings is 2. The summed E-state index contributed by atoms with van der Waals surface area (Å²) in [4.78, 5) is 20.5. The van der Waals surface area contributed by atoms with Crippen molar-refractivity contribution in [2.24, 2.45) is 0 Å². The number of hydrogen-bond acceptors (Lipinski definition) is 4. The van der Waals surface area contributed by atoms with Gasteiger partial charge in [-0.25, -0.2) is 9.78 Å². The van der Waals surface area contributed by atoms with Gasteiger partial charge in [-0.3, -0.25) is 4.40 Å². The van der Waals surface area contributed by atoms with Gasteiger partial charge < -0.3 is 15.0 Å². The number of nitrogens with one attached hydrogen (secondary N) is 1. The van der Waals surface area contributed by atoms with Gasteiger partial charge in [-0.05, 0) is 25.5 Å². The third-order valence-electron chi connectivity index (χ3n) is 5.51. The smallest absolute Gasteiger partial charge is 0.321 e. The van der Waals surface area contributed by atoms with Crippen molar-refractivity contribution in [1.82, 2.24) is 14.3 Å². The Morgan fingerprint density at radius 1 is 1.12 bits per heavy atom. The molecule has 4 aromatic rings. The molecule has 4 rings (SSSR count). The highest BCUT2D eigenvalue weighted by atomic mass is 32.1. The molecule has 0 atom stereocenters. The number of ether oxygens (including phenoxy) is 1. The monoisotopic (exact) mass is 448 g/mol. The van der Waals surface area contributed by atoms with Crippen LogP contribution in [0.25, 0.3) is 16.2 Å². The third-order valence-corrected chi connectivity index (χ3v) is 6.40. The predicted octanol–water partition coefficient (Wildman–Crippen LogP) is 5.40. The molecule has 0 radical (unpaired) electrons. The van der Waals surface area contributed by atoms with Gasteiger partial charge in [0.1, 0.15) is 0 Å². The Labute approximate surface area is 192 Å². The van der Waals surface area contributed by atoms with Crippen LogP contribution in [0, 0.1) is 13.8 Å². The lowest BCUT2D eigenvalue weighted by molar-refractivity contribution is 0.155. The minimum absolute atomic E-state index is 0.117. The Hall–Kier alpha value is -3.16. The molecule has 0 unspecified atom stereocenters. The summed E-state index contributed by atoms with van der Waals surface area (Å²) in [5, 5.41) is 5.15. The van der Waals surface area contributed by atoms with Gasteiger partial charge in [-0.1, -0.05) is 48.0 Å². The minimum Gasteiger partial charge on any atom is -0.383 e. The number of imidazole rings is 1. The molecule has 0 spiro atoms. The van der Waals surface area contributed by atoms with Crippen molar-refractivity contribution >= 4 is 28.0 Å². The molecular weight excluding hydrogens is 420 g/mol. The van der Waals surface area contributed by atoms with E-state index in [1.54, 1.807) is 23.3 Å². The van der Waals surface area contributed by atoms with E-state index in [2.05, 4.69) is 52.5 Å². The number of fused-ring (bicyclic) bond motifs is 1. The molecule has 0 fully saturated rings. The first kappa shape index (κ1) is 22.0. The second-order valence-corrected chi connectivity index (χ2v) is 8.68. The summed E-state index contributed by atoms with van der Waals surface area (Å²) in [6.07, 6.45) is 2.81. The zero-order chi connectivity index (χ0) is 22.5. The highest BCUT2D eigenvalue weighted by molar-refractivity contribution is 7.15. The van der Waals surface area contributed by atoms with E-state index in [0.717, 1.165) is 39.6 Å². The number of carbonyl (C=O) groups is 1. The van der Waals surface area contributed by atoms with Crippen molar-refractivity contribution in [3.8, 4) is 11.3 Å². The van der Waals surface area contributed by atoms with Crippen LogP contribution in [0.2, 0.25) is 0 Å². The number of nitrogens with zero attached hydrogens (tertiary/aromatic N) is 3. The number of methoxy groups -OCH3 is 1. The number of urea groups is 1. The van der Waals surface area contributed by atoms with E-state index in [-0.39, 0.29) is 6.03 Å². The van der Waals surface area contributed by atoms with E-state index in [1.807, 2.05) is 31.2 Å². The van der Waals surface area contributed by atoms with Gasteiger partial charge in [0, 0.05) is 55.1 Å². The minimum atomic E-state index is -0.117. The Morgan fingerprint density at radius 3 is 2.66 bits per heavy atom. The van der Waals surface area contributed by atoms with Crippen molar-refractivity contribution in [2.75, 3.05) is 32.1 Å². The van der Waals surface area contributed by atoms with E-state index in [9.17, 15) is 4.79 Å². The number of hydrogen-bond donors (Lipinski definition) is 1. The topological polar surface area (TPSA) is 58.9 Å². The van der Waals surface area contributed by atoms with E-state index < -0.39 is 0 Å². The van der Waals surface area contributed by atoms with Gasteiger partial charge in [0.2, 0.25) is 0 Å². The van der Waals surface area contributed by atoms with Crippen molar-refractivity contribution in [2.45, 2.75) is 20.3 Å². The molecular formula is C25H28N4O2S. The van der Waals surface area contributed by atoms with Crippen LogP contribution in [0.1, 0.15) is 16.8 Å². The lowest BCUT2D eigenvalue weighted by Gasteiger charge is -2.23. The van der Waals surface area contributed by atoms with Gasteiger partial charge in [0.05, 0.1) is 12.3 Å². The fraction of sp³-hybridized carbons (Fsp3) is 0.280. The van der Waals surface area contributed by atoms with Crippen LogP contribution in [0.5, 0.6) is 0 Å². The maximum atomic E-state index is 13.0. The first-order chi connectivity index (χ1) is 15.5. The van der Waals surface area contributed by atoms with Gasteiger partial charge in [0.15, 0.2) is 4.96 Å². The number of carbonyl (C=O) groups excluding carboxylic acids is 1. The molecule has 0 saturated heterocycles. The Morgan fingerprint density at radius 2 is 1.91 bits per heavy atom. The summed E-state index contributed by atoms with van der Waals surface area (Å²) >= 11 is 1.62. The molecule has 2 aromatic carbocycles. The highest BCUT2D eigenvalue weighted by Crippen LogP contribution is 2.24. The zero-order valence-electron chi connectivity index (χ0n) is 18.7. The summed E-state index contributed by atoms with van der Waals surface area (Å²) in [5.74, 6) is 0. The Bertz CT molecular complexity index is 1200. The van der Waals surface area contributed by atoms with Crippen LogP contribution in [0.15, 0.2) is 60.1 Å². The summed E-state index contributed by atoms with van der Waals surface area (Å²) in [5.41, 5.74) is 6.31. The summed E-state index contributed by atoms with van der Waals surface area (Å²) in [7, 11) is 1.65. The van der Waals surface area contributed by atoms with Crippen molar-refractivity contribution in [3.63, 3.8) is 0 Å². The maximum absolute atomic E-state index is 13.0. The number of aryl methyl sites for hydroxylation is 2. The number of anilines is 1. The molecule has 2 aromatic heterocycles. The predicted molar refractivity (Wildman–Crippen MR) is 131 cm³/mol. The van der Waals surface area contributed by atoms with Crippen LogP contribution in [0.4, 0.5) is 10.5 Å². The molecule has 7 heteroatoms.